The Morgan fingerprint density at radius 2 is 1.83 bits per heavy atom. The predicted molar refractivity (Wildman–Crippen MR) is 73.0 cm³/mol. The van der Waals surface area contributed by atoms with Crippen LogP contribution in [0.25, 0.3) is 0 Å². The van der Waals surface area contributed by atoms with E-state index in [-0.39, 0.29) is 12.5 Å². The topological polar surface area (TPSA) is 38.8 Å². The van der Waals surface area contributed by atoms with Crippen LogP contribution in [0.3, 0.4) is 0 Å². The fourth-order valence-electron chi connectivity index (χ4n) is 1.61. The standard InChI is InChI=1S/C13H19NO3S/c1-9-6-11(16-4)7-10(2)13(9)18-14(3)8-12(15)17-5/h6-7H,8H2,1-5H3. The van der Waals surface area contributed by atoms with Gasteiger partial charge in [-0.2, -0.15) is 0 Å². The van der Waals surface area contributed by atoms with Crippen molar-refractivity contribution < 1.29 is 14.3 Å². The fourth-order valence-corrected chi connectivity index (χ4v) is 2.49. The molecule has 1 rings (SSSR count). The van der Waals surface area contributed by atoms with Crippen molar-refractivity contribution >= 4 is 17.9 Å². The number of aryl methyl sites for hydroxylation is 2. The van der Waals surface area contributed by atoms with Gasteiger partial charge in [-0.05, 0) is 56.1 Å². The molecule has 0 unspecified atom stereocenters. The summed E-state index contributed by atoms with van der Waals surface area (Å²) in [5.41, 5.74) is 2.27. The van der Waals surface area contributed by atoms with Crippen molar-refractivity contribution in [3.8, 4) is 5.75 Å². The molecule has 0 fully saturated rings. The molecule has 0 aliphatic heterocycles. The maximum Gasteiger partial charge on any atom is 0.320 e. The zero-order chi connectivity index (χ0) is 13.7. The van der Waals surface area contributed by atoms with Gasteiger partial charge in [0.05, 0.1) is 14.2 Å². The van der Waals surface area contributed by atoms with Gasteiger partial charge >= 0.3 is 5.97 Å². The lowest BCUT2D eigenvalue weighted by Gasteiger charge is -2.17. The van der Waals surface area contributed by atoms with E-state index < -0.39 is 0 Å². The molecule has 0 saturated carbocycles. The van der Waals surface area contributed by atoms with Gasteiger partial charge in [-0.15, -0.1) is 0 Å². The highest BCUT2D eigenvalue weighted by Gasteiger charge is 2.12. The first-order valence-electron chi connectivity index (χ1n) is 5.59. The van der Waals surface area contributed by atoms with E-state index in [1.807, 2.05) is 37.3 Å². The molecule has 4 nitrogen and oxygen atoms in total. The van der Waals surface area contributed by atoms with Crippen molar-refractivity contribution in [2.75, 3.05) is 27.8 Å². The Hall–Kier alpha value is -1.20. The number of hydrogen-bond acceptors (Lipinski definition) is 5. The van der Waals surface area contributed by atoms with Crippen LogP contribution in [0.4, 0.5) is 0 Å². The third-order valence-electron chi connectivity index (χ3n) is 2.50. The Labute approximate surface area is 112 Å². The minimum Gasteiger partial charge on any atom is -0.497 e. The zero-order valence-electron chi connectivity index (χ0n) is 11.4. The van der Waals surface area contributed by atoms with Crippen LogP contribution < -0.4 is 4.74 Å². The number of rotatable bonds is 5. The van der Waals surface area contributed by atoms with Crippen LogP contribution in [0.1, 0.15) is 11.1 Å². The van der Waals surface area contributed by atoms with E-state index in [0.29, 0.717) is 0 Å². The maximum absolute atomic E-state index is 11.2. The molecule has 0 aromatic heterocycles. The Morgan fingerprint density at radius 3 is 2.28 bits per heavy atom. The molecule has 0 saturated heterocycles. The highest BCUT2D eigenvalue weighted by atomic mass is 32.2. The normalized spacial score (nSPS) is 10.6. The van der Waals surface area contributed by atoms with Gasteiger partial charge in [0.15, 0.2) is 0 Å². The molecule has 100 valence electrons. The summed E-state index contributed by atoms with van der Waals surface area (Å²) in [5.74, 6) is 0.610. The summed E-state index contributed by atoms with van der Waals surface area (Å²) in [7, 11) is 4.92. The molecule has 18 heavy (non-hydrogen) atoms. The van der Waals surface area contributed by atoms with E-state index in [0.717, 1.165) is 21.8 Å². The molecule has 0 bridgehead atoms. The van der Waals surface area contributed by atoms with Gasteiger partial charge < -0.3 is 9.47 Å². The van der Waals surface area contributed by atoms with E-state index in [9.17, 15) is 4.79 Å². The molecule has 0 radical (unpaired) electrons. The van der Waals surface area contributed by atoms with Crippen LogP contribution in [0.15, 0.2) is 17.0 Å². The number of hydrogen-bond donors (Lipinski definition) is 0. The van der Waals surface area contributed by atoms with Crippen molar-refractivity contribution in [1.82, 2.24) is 4.31 Å². The molecule has 1 aromatic rings. The third-order valence-corrected chi connectivity index (χ3v) is 3.76. The van der Waals surface area contributed by atoms with Gasteiger partial charge in [0.1, 0.15) is 12.3 Å². The minimum absolute atomic E-state index is 0.242. The molecular formula is C13H19NO3S. The van der Waals surface area contributed by atoms with Gasteiger partial charge in [0.25, 0.3) is 0 Å². The average molecular weight is 269 g/mol. The molecular weight excluding hydrogens is 250 g/mol. The first kappa shape index (κ1) is 14.9. The second-order valence-electron chi connectivity index (χ2n) is 4.04. The molecule has 0 spiro atoms. The summed E-state index contributed by atoms with van der Waals surface area (Å²) < 4.78 is 11.7. The van der Waals surface area contributed by atoms with E-state index in [2.05, 4.69) is 4.74 Å². The van der Waals surface area contributed by atoms with E-state index >= 15 is 0 Å². The van der Waals surface area contributed by atoms with Crippen molar-refractivity contribution in [2.24, 2.45) is 0 Å². The average Bonchev–Trinajstić information content (AvgIpc) is 2.33. The van der Waals surface area contributed by atoms with E-state index in [1.54, 1.807) is 7.11 Å². The predicted octanol–water partition coefficient (Wildman–Crippen LogP) is 2.42. The minimum atomic E-state index is -0.242. The number of benzene rings is 1. The summed E-state index contributed by atoms with van der Waals surface area (Å²) in [5, 5.41) is 0. The number of esters is 1. The largest absolute Gasteiger partial charge is 0.497 e. The van der Waals surface area contributed by atoms with Crippen molar-refractivity contribution in [1.29, 1.82) is 0 Å². The monoisotopic (exact) mass is 269 g/mol. The van der Waals surface area contributed by atoms with Crippen molar-refractivity contribution in [3.63, 3.8) is 0 Å². The smallest absolute Gasteiger partial charge is 0.320 e. The Morgan fingerprint density at radius 1 is 1.28 bits per heavy atom. The van der Waals surface area contributed by atoms with Crippen LogP contribution in [-0.4, -0.2) is 38.1 Å². The van der Waals surface area contributed by atoms with Crippen molar-refractivity contribution in [3.05, 3.63) is 23.3 Å². The van der Waals surface area contributed by atoms with Gasteiger partial charge in [-0.1, -0.05) is 0 Å². The molecule has 5 heteroatoms. The zero-order valence-corrected chi connectivity index (χ0v) is 12.3. The fraction of sp³-hybridized carbons (Fsp3) is 0.462. The molecule has 1 aromatic carbocycles. The number of methoxy groups -OCH3 is 2. The lowest BCUT2D eigenvalue weighted by Crippen LogP contribution is -2.21. The number of nitrogens with zero attached hydrogens (tertiary/aromatic N) is 1. The molecule has 0 aliphatic rings. The summed E-state index contributed by atoms with van der Waals surface area (Å²) >= 11 is 1.54. The number of likely N-dealkylation sites (N-methyl/N-ethyl adjacent to an activating group) is 1. The number of ether oxygens (including phenoxy) is 2. The van der Waals surface area contributed by atoms with Crippen LogP contribution in [0.5, 0.6) is 5.75 Å². The summed E-state index contributed by atoms with van der Waals surface area (Å²) in [6, 6.07) is 3.97. The summed E-state index contributed by atoms with van der Waals surface area (Å²) in [6.07, 6.45) is 0. The third kappa shape index (κ3) is 3.92. The highest BCUT2D eigenvalue weighted by molar-refractivity contribution is 7.97. The summed E-state index contributed by atoms with van der Waals surface area (Å²) in [6.45, 7) is 4.32. The van der Waals surface area contributed by atoms with Crippen molar-refractivity contribution in [2.45, 2.75) is 18.7 Å². The second kappa shape index (κ2) is 6.66. The van der Waals surface area contributed by atoms with Crippen LogP contribution in [-0.2, 0) is 9.53 Å². The molecule has 0 atom stereocenters. The SMILES string of the molecule is COC(=O)CN(C)Sc1c(C)cc(OC)cc1C. The first-order chi connectivity index (χ1) is 8.47. The quantitative estimate of drug-likeness (QED) is 0.606. The summed E-state index contributed by atoms with van der Waals surface area (Å²) in [4.78, 5) is 12.3. The molecule has 0 aliphatic carbocycles. The molecule has 0 heterocycles. The van der Waals surface area contributed by atoms with Crippen LogP contribution in [0.2, 0.25) is 0 Å². The van der Waals surface area contributed by atoms with Gasteiger partial charge in [-0.3, -0.25) is 4.79 Å². The first-order valence-corrected chi connectivity index (χ1v) is 6.36. The van der Waals surface area contributed by atoms with Crippen LogP contribution in [0, 0.1) is 13.8 Å². The van der Waals surface area contributed by atoms with Gasteiger partial charge in [-0.25, -0.2) is 4.31 Å². The second-order valence-corrected chi connectivity index (χ2v) is 5.26. The van der Waals surface area contributed by atoms with E-state index in [1.165, 1.54) is 19.1 Å². The highest BCUT2D eigenvalue weighted by Crippen LogP contribution is 2.31. The van der Waals surface area contributed by atoms with Gasteiger partial charge in [0.2, 0.25) is 0 Å². The number of carbonyl (C=O) groups excluding carboxylic acids is 1. The number of carbonyl (C=O) groups is 1. The van der Waals surface area contributed by atoms with Gasteiger partial charge in [0, 0.05) is 4.90 Å². The maximum atomic E-state index is 11.2. The molecule has 0 N–H and O–H groups in total. The van der Waals surface area contributed by atoms with Crippen LogP contribution >= 0.6 is 11.9 Å². The molecule has 0 amide bonds. The van der Waals surface area contributed by atoms with E-state index in [4.69, 9.17) is 4.74 Å². The lowest BCUT2D eigenvalue weighted by molar-refractivity contribution is -0.140. The Bertz CT molecular complexity index is 411. The Balaban J connectivity index is 2.81. The Kier molecular flexibility index (Phi) is 5.50. The lowest BCUT2D eigenvalue weighted by atomic mass is 10.1.